The van der Waals surface area contributed by atoms with Crippen LogP contribution in [0.5, 0.6) is 0 Å². The molecule has 7 heteroatoms. The van der Waals surface area contributed by atoms with Crippen LogP contribution in [0, 0.1) is 10.1 Å². The number of amides is 1. The summed E-state index contributed by atoms with van der Waals surface area (Å²) in [7, 11) is 0. The van der Waals surface area contributed by atoms with Crippen molar-refractivity contribution in [1.82, 2.24) is 4.98 Å². The van der Waals surface area contributed by atoms with Gasteiger partial charge in [-0.25, -0.2) is 4.98 Å². The average molecular weight is 353 g/mol. The van der Waals surface area contributed by atoms with Gasteiger partial charge in [-0.05, 0) is 5.56 Å². The topological polar surface area (TPSA) is 85.1 Å². The highest BCUT2D eigenvalue weighted by Crippen LogP contribution is 2.22. The number of rotatable bonds is 6. The number of hydrogen-bond acceptors (Lipinski definition) is 5. The molecule has 3 aromatic rings. The van der Waals surface area contributed by atoms with Crippen molar-refractivity contribution in [3.63, 3.8) is 0 Å². The fraction of sp³-hybridized carbons (Fsp3) is 0.111. The Kier molecular flexibility index (Phi) is 5.15. The first-order chi connectivity index (χ1) is 12.1. The summed E-state index contributed by atoms with van der Waals surface area (Å²) in [6, 6.07) is 16.2. The number of thiazole rings is 1. The van der Waals surface area contributed by atoms with Gasteiger partial charge in [0.25, 0.3) is 5.69 Å². The Hall–Kier alpha value is -3.06. The second-order valence-corrected chi connectivity index (χ2v) is 6.52. The Morgan fingerprint density at radius 2 is 1.84 bits per heavy atom. The number of nitro groups is 1. The summed E-state index contributed by atoms with van der Waals surface area (Å²) in [5.41, 5.74) is 1.50. The molecule has 0 aliphatic heterocycles. The van der Waals surface area contributed by atoms with Crippen molar-refractivity contribution >= 4 is 28.1 Å². The van der Waals surface area contributed by atoms with Gasteiger partial charge >= 0.3 is 0 Å². The molecule has 6 nitrogen and oxygen atoms in total. The molecule has 0 saturated heterocycles. The Morgan fingerprint density at radius 3 is 2.60 bits per heavy atom. The predicted octanol–water partition coefficient (Wildman–Crippen LogP) is 3.82. The molecule has 0 bridgehead atoms. The van der Waals surface area contributed by atoms with Crippen molar-refractivity contribution in [3.8, 4) is 0 Å². The molecule has 3 rings (SSSR count). The third-order valence-corrected chi connectivity index (χ3v) is 4.47. The van der Waals surface area contributed by atoms with Crippen LogP contribution in [-0.4, -0.2) is 15.8 Å². The number of carbonyl (C=O) groups is 1. The summed E-state index contributed by atoms with van der Waals surface area (Å²) in [4.78, 5) is 27.9. The Bertz CT molecular complexity index is 893. The van der Waals surface area contributed by atoms with Gasteiger partial charge in [0.1, 0.15) is 0 Å². The van der Waals surface area contributed by atoms with Crippen LogP contribution in [0.15, 0.2) is 60.8 Å². The molecule has 126 valence electrons. The number of anilines is 1. The van der Waals surface area contributed by atoms with Crippen molar-refractivity contribution in [2.75, 3.05) is 5.32 Å². The molecule has 0 fully saturated rings. The van der Waals surface area contributed by atoms with Crippen molar-refractivity contribution in [3.05, 3.63) is 86.9 Å². The molecule has 1 aromatic heterocycles. The van der Waals surface area contributed by atoms with E-state index in [1.54, 1.807) is 24.4 Å². The lowest BCUT2D eigenvalue weighted by Crippen LogP contribution is -2.15. The molecule has 0 aliphatic carbocycles. The van der Waals surface area contributed by atoms with E-state index in [2.05, 4.69) is 10.3 Å². The van der Waals surface area contributed by atoms with E-state index < -0.39 is 4.92 Å². The zero-order valence-electron chi connectivity index (χ0n) is 13.2. The number of nitro benzene ring substituents is 1. The fourth-order valence-corrected chi connectivity index (χ4v) is 3.28. The first-order valence-electron chi connectivity index (χ1n) is 7.62. The van der Waals surface area contributed by atoms with E-state index in [0.29, 0.717) is 10.7 Å². The maximum absolute atomic E-state index is 12.2. The summed E-state index contributed by atoms with van der Waals surface area (Å²) >= 11 is 1.40. The van der Waals surface area contributed by atoms with E-state index in [4.69, 9.17) is 0 Å². The van der Waals surface area contributed by atoms with Crippen molar-refractivity contribution < 1.29 is 9.72 Å². The van der Waals surface area contributed by atoms with Crippen molar-refractivity contribution in [2.45, 2.75) is 12.8 Å². The van der Waals surface area contributed by atoms with E-state index in [1.807, 2.05) is 30.3 Å². The molecule has 0 spiro atoms. The van der Waals surface area contributed by atoms with Gasteiger partial charge in [-0.2, -0.15) is 0 Å². The molecule has 1 heterocycles. The number of nitrogens with one attached hydrogen (secondary N) is 1. The largest absolute Gasteiger partial charge is 0.302 e. The molecule has 0 radical (unpaired) electrons. The number of para-hydroxylation sites is 1. The lowest BCUT2D eigenvalue weighted by molar-refractivity contribution is -0.385. The Labute approximate surface area is 148 Å². The van der Waals surface area contributed by atoms with Crippen LogP contribution < -0.4 is 5.32 Å². The summed E-state index contributed by atoms with van der Waals surface area (Å²) in [5.74, 6) is -0.324. The highest BCUT2D eigenvalue weighted by molar-refractivity contribution is 7.15. The minimum atomic E-state index is -0.482. The number of hydrogen-bond donors (Lipinski definition) is 1. The Balaban J connectivity index is 1.63. The number of benzene rings is 2. The summed E-state index contributed by atoms with van der Waals surface area (Å²) in [5, 5.41) is 14.2. The zero-order chi connectivity index (χ0) is 17.6. The SMILES string of the molecule is O=C(Cc1ccccc1[N+](=O)[O-])Nc1ncc(Cc2ccccc2)s1. The van der Waals surface area contributed by atoms with Crippen LogP contribution in [-0.2, 0) is 17.6 Å². The van der Waals surface area contributed by atoms with Gasteiger partial charge in [-0.1, -0.05) is 48.5 Å². The molecule has 0 atom stereocenters. The average Bonchev–Trinajstić information content (AvgIpc) is 3.02. The third kappa shape index (κ3) is 4.48. The van der Waals surface area contributed by atoms with Gasteiger partial charge < -0.3 is 5.32 Å². The van der Waals surface area contributed by atoms with E-state index in [0.717, 1.165) is 11.3 Å². The van der Waals surface area contributed by atoms with Crippen molar-refractivity contribution in [2.24, 2.45) is 0 Å². The van der Waals surface area contributed by atoms with E-state index in [-0.39, 0.29) is 18.0 Å². The lowest BCUT2D eigenvalue weighted by Gasteiger charge is -2.03. The zero-order valence-corrected chi connectivity index (χ0v) is 14.0. The molecule has 25 heavy (non-hydrogen) atoms. The second-order valence-electron chi connectivity index (χ2n) is 5.40. The smallest absolute Gasteiger partial charge is 0.273 e. The molecule has 0 saturated carbocycles. The fourth-order valence-electron chi connectivity index (χ4n) is 2.42. The predicted molar refractivity (Wildman–Crippen MR) is 96.8 cm³/mol. The van der Waals surface area contributed by atoms with Gasteiger partial charge in [-0.15, -0.1) is 11.3 Å². The normalized spacial score (nSPS) is 10.4. The lowest BCUT2D eigenvalue weighted by atomic mass is 10.1. The maximum atomic E-state index is 12.2. The molecule has 2 aromatic carbocycles. The van der Waals surface area contributed by atoms with Crippen molar-refractivity contribution in [1.29, 1.82) is 0 Å². The number of carbonyl (C=O) groups excluding carboxylic acids is 1. The molecule has 1 N–H and O–H groups in total. The summed E-state index contributed by atoms with van der Waals surface area (Å²) in [6.07, 6.45) is 2.42. The van der Waals surface area contributed by atoms with Crippen LogP contribution in [0.4, 0.5) is 10.8 Å². The Morgan fingerprint density at radius 1 is 1.12 bits per heavy atom. The minimum Gasteiger partial charge on any atom is -0.302 e. The van der Waals surface area contributed by atoms with E-state index in [9.17, 15) is 14.9 Å². The van der Waals surface area contributed by atoms with Crippen LogP contribution in [0.25, 0.3) is 0 Å². The third-order valence-electron chi connectivity index (χ3n) is 3.56. The van der Waals surface area contributed by atoms with Gasteiger partial charge in [0.2, 0.25) is 5.91 Å². The molecular formula is C18H15N3O3S. The first kappa shape index (κ1) is 16.8. The molecular weight excluding hydrogens is 338 g/mol. The maximum Gasteiger partial charge on any atom is 0.273 e. The van der Waals surface area contributed by atoms with Crippen LogP contribution in [0.2, 0.25) is 0 Å². The van der Waals surface area contributed by atoms with Crippen LogP contribution in [0.1, 0.15) is 16.0 Å². The second kappa shape index (κ2) is 7.67. The summed E-state index contributed by atoms with van der Waals surface area (Å²) < 4.78 is 0. The number of aromatic nitrogens is 1. The number of nitrogens with zero attached hydrogens (tertiary/aromatic N) is 2. The molecule has 0 aliphatic rings. The monoisotopic (exact) mass is 353 g/mol. The van der Waals surface area contributed by atoms with E-state index >= 15 is 0 Å². The van der Waals surface area contributed by atoms with Gasteiger partial charge in [0, 0.05) is 29.1 Å². The highest BCUT2D eigenvalue weighted by atomic mass is 32.1. The van der Waals surface area contributed by atoms with Gasteiger partial charge in [-0.3, -0.25) is 14.9 Å². The minimum absolute atomic E-state index is 0.0541. The quantitative estimate of drug-likeness (QED) is 0.539. The standard InChI is InChI=1S/C18H15N3O3S/c22-17(11-14-8-4-5-9-16(14)21(23)24)20-18-19-12-15(25-18)10-13-6-2-1-3-7-13/h1-9,12H,10-11H2,(H,19,20,22). The molecule has 0 unspecified atom stereocenters. The van der Waals surface area contributed by atoms with E-state index in [1.165, 1.54) is 23.0 Å². The van der Waals surface area contributed by atoms with Crippen LogP contribution >= 0.6 is 11.3 Å². The van der Waals surface area contributed by atoms with Gasteiger partial charge in [0.05, 0.1) is 11.3 Å². The van der Waals surface area contributed by atoms with Crippen LogP contribution in [0.3, 0.4) is 0 Å². The highest BCUT2D eigenvalue weighted by Gasteiger charge is 2.16. The molecule has 1 amide bonds. The summed E-state index contributed by atoms with van der Waals surface area (Å²) in [6.45, 7) is 0. The first-order valence-corrected chi connectivity index (χ1v) is 8.44. The van der Waals surface area contributed by atoms with Gasteiger partial charge in [0.15, 0.2) is 5.13 Å².